The van der Waals surface area contributed by atoms with Crippen LogP contribution in [0.5, 0.6) is 0 Å². The van der Waals surface area contributed by atoms with Crippen molar-refractivity contribution in [2.24, 2.45) is 0 Å². The van der Waals surface area contributed by atoms with Crippen LogP contribution in [0.2, 0.25) is 0 Å². The van der Waals surface area contributed by atoms with Crippen LogP contribution in [0, 0.1) is 6.92 Å². The molecular formula is C30H30N4O4S. The van der Waals surface area contributed by atoms with Crippen molar-refractivity contribution in [1.29, 1.82) is 0 Å². The SMILES string of the molecule is Cc1ccc(CC(=O)N2CCCN(C(=O)c3ccc(NS(=O)(=O)c4cccc5cccnc45)cc3)CC2)cc1. The summed E-state index contributed by atoms with van der Waals surface area (Å²) in [5, 5.41) is 0.731. The van der Waals surface area contributed by atoms with E-state index in [9.17, 15) is 18.0 Å². The van der Waals surface area contributed by atoms with E-state index in [1.165, 1.54) is 6.07 Å². The van der Waals surface area contributed by atoms with E-state index in [1.54, 1.807) is 47.5 Å². The van der Waals surface area contributed by atoms with E-state index in [1.807, 2.05) is 48.2 Å². The molecule has 0 aliphatic carbocycles. The predicted octanol–water partition coefficient (Wildman–Crippen LogP) is 4.26. The number of anilines is 1. The van der Waals surface area contributed by atoms with Gasteiger partial charge in [-0.25, -0.2) is 8.42 Å². The van der Waals surface area contributed by atoms with Gasteiger partial charge in [-0.1, -0.05) is 48.0 Å². The molecule has 1 aliphatic heterocycles. The second-order valence-corrected chi connectivity index (χ2v) is 11.4. The third-order valence-electron chi connectivity index (χ3n) is 6.88. The normalized spacial score (nSPS) is 14.2. The lowest BCUT2D eigenvalue weighted by molar-refractivity contribution is -0.130. The summed E-state index contributed by atoms with van der Waals surface area (Å²) < 4.78 is 28.7. The van der Waals surface area contributed by atoms with Gasteiger partial charge in [0.2, 0.25) is 5.91 Å². The highest BCUT2D eigenvalue weighted by atomic mass is 32.2. The number of rotatable bonds is 6. The third kappa shape index (κ3) is 6.09. The van der Waals surface area contributed by atoms with Crippen LogP contribution < -0.4 is 4.72 Å². The number of carbonyl (C=O) groups excluding carboxylic acids is 2. The molecule has 0 radical (unpaired) electrons. The van der Waals surface area contributed by atoms with Crippen LogP contribution in [0.15, 0.2) is 90.0 Å². The molecule has 2 heterocycles. The van der Waals surface area contributed by atoms with Crippen molar-refractivity contribution < 1.29 is 18.0 Å². The lowest BCUT2D eigenvalue weighted by atomic mass is 10.1. The number of hydrogen-bond acceptors (Lipinski definition) is 5. The minimum Gasteiger partial charge on any atom is -0.341 e. The molecule has 0 bridgehead atoms. The number of sulfonamides is 1. The van der Waals surface area contributed by atoms with Crippen LogP contribution in [0.25, 0.3) is 10.9 Å². The van der Waals surface area contributed by atoms with Gasteiger partial charge in [0.25, 0.3) is 15.9 Å². The van der Waals surface area contributed by atoms with Crippen LogP contribution in [0.1, 0.15) is 27.9 Å². The van der Waals surface area contributed by atoms with Gasteiger partial charge in [-0.2, -0.15) is 0 Å². The quantitative estimate of drug-likeness (QED) is 0.393. The van der Waals surface area contributed by atoms with Gasteiger partial charge in [0.05, 0.1) is 11.9 Å². The number of pyridine rings is 1. The zero-order chi connectivity index (χ0) is 27.4. The number of amides is 2. The summed E-state index contributed by atoms with van der Waals surface area (Å²) in [7, 11) is -3.88. The first-order valence-corrected chi connectivity index (χ1v) is 14.4. The molecule has 1 aliphatic rings. The minimum absolute atomic E-state index is 0.0613. The number of aryl methyl sites for hydroxylation is 1. The topological polar surface area (TPSA) is 99.7 Å². The van der Waals surface area contributed by atoms with Crippen molar-refractivity contribution in [1.82, 2.24) is 14.8 Å². The Morgan fingerprint density at radius 1 is 0.846 bits per heavy atom. The van der Waals surface area contributed by atoms with Crippen molar-refractivity contribution in [2.75, 3.05) is 30.9 Å². The van der Waals surface area contributed by atoms with Gasteiger partial charge in [0, 0.05) is 49.0 Å². The molecule has 4 aromatic rings. The van der Waals surface area contributed by atoms with Gasteiger partial charge in [-0.15, -0.1) is 0 Å². The molecule has 1 aromatic heterocycles. The van der Waals surface area contributed by atoms with E-state index in [0.29, 0.717) is 55.8 Å². The highest BCUT2D eigenvalue weighted by Gasteiger charge is 2.23. The lowest BCUT2D eigenvalue weighted by Gasteiger charge is -2.22. The summed E-state index contributed by atoms with van der Waals surface area (Å²) in [4.78, 5) is 33.9. The first kappa shape index (κ1) is 26.4. The Labute approximate surface area is 228 Å². The smallest absolute Gasteiger partial charge is 0.264 e. The summed E-state index contributed by atoms with van der Waals surface area (Å²) in [6.45, 7) is 4.10. The number of nitrogens with one attached hydrogen (secondary N) is 1. The van der Waals surface area contributed by atoms with E-state index < -0.39 is 10.0 Å². The molecule has 1 N–H and O–H groups in total. The Kier molecular flexibility index (Phi) is 7.60. The van der Waals surface area contributed by atoms with Crippen molar-refractivity contribution in [2.45, 2.75) is 24.7 Å². The number of fused-ring (bicyclic) bond motifs is 1. The van der Waals surface area contributed by atoms with E-state index in [2.05, 4.69) is 9.71 Å². The molecule has 5 rings (SSSR count). The van der Waals surface area contributed by atoms with Gasteiger partial charge in [0.1, 0.15) is 4.90 Å². The average molecular weight is 543 g/mol. The molecule has 8 nitrogen and oxygen atoms in total. The highest BCUT2D eigenvalue weighted by Crippen LogP contribution is 2.24. The minimum atomic E-state index is -3.88. The molecule has 200 valence electrons. The third-order valence-corrected chi connectivity index (χ3v) is 8.29. The number of benzene rings is 3. The molecule has 1 saturated heterocycles. The second-order valence-electron chi connectivity index (χ2n) is 9.70. The van der Waals surface area contributed by atoms with E-state index in [-0.39, 0.29) is 16.7 Å². The van der Waals surface area contributed by atoms with Crippen LogP contribution in [-0.4, -0.2) is 61.2 Å². The molecule has 0 unspecified atom stereocenters. The zero-order valence-corrected chi connectivity index (χ0v) is 22.5. The molecule has 0 atom stereocenters. The molecule has 0 saturated carbocycles. The van der Waals surface area contributed by atoms with Crippen molar-refractivity contribution >= 4 is 38.4 Å². The van der Waals surface area contributed by atoms with Gasteiger partial charge < -0.3 is 9.80 Å². The van der Waals surface area contributed by atoms with Gasteiger partial charge in [-0.05, 0) is 55.3 Å². The Bertz CT molecular complexity index is 1600. The maximum Gasteiger partial charge on any atom is 0.264 e. The second kappa shape index (κ2) is 11.2. The fourth-order valence-corrected chi connectivity index (χ4v) is 5.97. The molecule has 39 heavy (non-hydrogen) atoms. The van der Waals surface area contributed by atoms with Gasteiger partial charge >= 0.3 is 0 Å². The van der Waals surface area contributed by atoms with Crippen LogP contribution >= 0.6 is 0 Å². The summed E-state index contributed by atoms with van der Waals surface area (Å²) in [6, 6.07) is 22.9. The molecule has 1 fully saturated rings. The van der Waals surface area contributed by atoms with E-state index in [0.717, 1.165) is 16.5 Å². The van der Waals surface area contributed by atoms with Crippen molar-refractivity contribution in [3.63, 3.8) is 0 Å². The summed E-state index contributed by atoms with van der Waals surface area (Å²) in [5.74, 6) is -0.0818. The van der Waals surface area contributed by atoms with Gasteiger partial charge in [-0.3, -0.25) is 19.3 Å². The fraction of sp³-hybridized carbons (Fsp3) is 0.233. The number of carbonyl (C=O) groups is 2. The molecule has 3 aromatic carbocycles. The Hall–Kier alpha value is -4.24. The maximum atomic E-state index is 13.2. The number of para-hydroxylation sites is 1. The summed E-state index contributed by atoms with van der Waals surface area (Å²) >= 11 is 0. The first-order valence-electron chi connectivity index (χ1n) is 12.9. The molecule has 2 amide bonds. The molecule has 9 heteroatoms. The van der Waals surface area contributed by atoms with Crippen LogP contribution in [0.3, 0.4) is 0 Å². The van der Waals surface area contributed by atoms with E-state index >= 15 is 0 Å². The largest absolute Gasteiger partial charge is 0.341 e. The number of hydrogen-bond donors (Lipinski definition) is 1. The molecule has 0 spiro atoms. The van der Waals surface area contributed by atoms with Crippen molar-refractivity contribution in [3.05, 3.63) is 102 Å². The van der Waals surface area contributed by atoms with Crippen LogP contribution in [0.4, 0.5) is 5.69 Å². The standard InChI is InChI=1S/C30H30N4O4S/c1-22-8-10-23(11-9-22)21-28(35)33-17-4-18-34(20-19-33)30(36)25-12-14-26(15-13-25)32-39(37,38)27-7-2-5-24-6-3-16-31-29(24)27/h2-3,5-16,32H,4,17-21H2,1H3. The number of nitrogens with zero attached hydrogens (tertiary/aromatic N) is 3. The monoisotopic (exact) mass is 542 g/mol. The Balaban J connectivity index is 1.21. The maximum absolute atomic E-state index is 13.2. The Morgan fingerprint density at radius 2 is 1.54 bits per heavy atom. The predicted molar refractivity (Wildman–Crippen MR) is 151 cm³/mol. The number of aromatic nitrogens is 1. The average Bonchev–Trinajstić information content (AvgIpc) is 3.20. The molecular weight excluding hydrogens is 512 g/mol. The zero-order valence-electron chi connectivity index (χ0n) is 21.7. The Morgan fingerprint density at radius 3 is 2.31 bits per heavy atom. The summed E-state index contributed by atoms with van der Waals surface area (Å²) in [5.41, 5.74) is 3.34. The van der Waals surface area contributed by atoms with Crippen LogP contribution in [-0.2, 0) is 21.2 Å². The fourth-order valence-electron chi connectivity index (χ4n) is 4.73. The first-order chi connectivity index (χ1) is 18.8. The van der Waals surface area contributed by atoms with Gasteiger partial charge in [0.15, 0.2) is 0 Å². The summed E-state index contributed by atoms with van der Waals surface area (Å²) in [6.07, 6.45) is 2.60. The van der Waals surface area contributed by atoms with Crippen molar-refractivity contribution in [3.8, 4) is 0 Å². The highest BCUT2D eigenvalue weighted by molar-refractivity contribution is 7.93. The van der Waals surface area contributed by atoms with E-state index in [4.69, 9.17) is 0 Å². The lowest BCUT2D eigenvalue weighted by Crippen LogP contribution is -2.38.